The van der Waals surface area contributed by atoms with Gasteiger partial charge in [0, 0.05) is 33.1 Å². The smallest absolute Gasteiger partial charge is 0.0640 e. The van der Waals surface area contributed by atoms with Crippen LogP contribution in [0.25, 0.3) is 82.8 Å². The summed E-state index contributed by atoms with van der Waals surface area (Å²) in [5, 5.41) is 4.79. The molecule has 0 atom stereocenters. The van der Waals surface area contributed by atoms with Gasteiger partial charge in [-0.15, -0.1) is 0 Å². The molecule has 0 saturated heterocycles. The van der Waals surface area contributed by atoms with Crippen molar-refractivity contribution < 1.29 is 0 Å². The molecule has 0 bridgehead atoms. The van der Waals surface area contributed by atoms with Crippen molar-refractivity contribution in [2.75, 3.05) is 4.90 Å². The first-order valence-corrected chi connectivity index (χ1v) is 20.6. The van der Waals surface area contributed by atoms with E-state index in [4.69, 9.17) is 0 Å². The largest absolute Gasteiger partial charge is 0.309 e. The van der Waals surface area contributed by atoms with Crippen molar-refractivity contribution >= 4 is 49.6 Å². The molecule has 0 aliphatic rings. The van der Waals surface area contributed by atoms with Crippen LogP contribution in [0.5, 0.6) is 0 Å². The van der Waals surface area contributed by atoms with E-state index in [0.717, 1.165) is 33.8 Å². The average Bonchev–Trinajstić information content (AvgIpc) is 3.68. The Kier molecular flexibility index (Phi) is 8.87. The molecular formula is C58H40N2. The lowest BCUT2D eigenvalue weighted by Crippen LogP contribution is -2.12. The highest BCUT2D eigenvalue weighted by molar-refractivity contribution is 6.25. The summed E-state index contributed by atoms with van der Waals surface area (Å²) in [6.45, 7) is 0. The first kappa shape index (κ1) is 35.2. The maximum Gasteiger partial charge on any atom is 0.0640 e. The molecule has 0 amide bonds. The molecule has 0 radical (unpaired) electrons. The van der Waals surface area contributed by atoms with Gasteiger partial charge in [-0.3, -0.25) is 0 Å². The summed E-state index contributed by atoms with van der Waals surface area (Å²) < 4.78 is 2.47. The number of benzene rings is 10. The maximum absolute atomic E-state index is 2.49. The van der Waals surface area contributed by atoms with Gasteiger partial charge in [0.2, 0.25) is 0 Å². The van der Waals surface area contributed by atoms with Crippen LogP contribution in [-0.4, -0.2) is 4.57 Å². The number of rotatable bonds is 8. The number of nitrogens with zero attached hydrogens (tertiary/aromatic N) is 2. The second-order valence-electron chi connectivity index (χ2n) is 15.3. The maximum atomic E-state index is 2.49. The molecule has 2 heteroatoms. The van der Waals surface area contributed by atoms with Crippen LogP contribution in [0.3, 0.4) is 0 Å². The fourth-order valence-electron chi connectivity index (χ4n) is 8.92. The molecule has 11 rings (SSSR count). The molecule has 0 saturated carbocycles. The van der Waals surface area contributed by atoms with Gasteiger partial charge in [0.25, 0.3) is 0 Å². The minimum Gasteiger partial charge on any atom is -0.309 e. The molecule has 0 spiro atoms. The highest BCUT2D eigenvalue weighted by Crippen LogP contribution is 2.49. The van der Waals surface area contributed by atoms with E-state index in [9.17, 15) is 0 Å². The van der Waals surface area contributed by atoms with Gasteiger partial charge in [0.1, 0.15) is 0 Å². The first-order valence-electron chi connectivity index (χ1n) is 20.6. The highest BCUT2D eigenvalue weighted by atomic mass is 15.2. The Balaban J connectivity index is 1.22. The minimum atomic E-state index is 1.09. The van der Waals surface area contributed by atoms with Crippen LogP contribution in [0.2, 0.25) is 0 Å². The van der Waals surface area contributed by atoms with Gasteiger partial charge in [-0.2, -0.15) is 0 Å². The van der Waals surface area contributed by atoms with E-state index in [2.05, 4.69) is 252 Å². The van der Waals surface area contributed by atoms with Gasteiger partial charge in [-0.05, 0) is 92.9 Å². The summed E-state index contributed by atoms with van der Waals surface area (Å²) in [7, 11) is 0. The van der Waals surface area contributed by atoms with E-state index >= 15 is 0 Å². The van der Waals surface area contributed by atoms with Crippen LogP contribution in [0.4, 0.5) is 17.1 Å². The van der Waals surface area contributed by atoms with Gasteiger partial charge in [-0.1, -0.05) is 194 Å². The number of para-hydroxylation sites is 2. The number of hydrogen-bond acceptors (Lipinski definition) is 1. The molecule has 0 aliphatic heterocycles. The Morgan fingerprint density at radius 3 is 1.45 bits per heavy atom. The quantitative estimate of drug-likeness (QED) is 0.150. The normalized spacial score (nSPS) is 11.3. The second-order valence-corrected chi connectivity index (χ2v) is 15.3. The molecular weight excluding hydrogens is 725 g/mol. The topological polar surface area (TPSA) is 8.17 Å². The molecule has 10 aromatic carbocycles. The Morgan fingerprint density at radius 1 is 0.317 bits per heavy atom. The summed E-state index contributed by atoms with van der Waals surface area (Å²) in [5.74, 6) is 0. The van der Waals surface area contributed by atoms with Crippen LogP contribution in [0.15, 0.2) is 243 Å². The molecule has 0 N–H and O–H groups in total. The van der Waals surface area contributed by atoms with Gasteiger partial charge in [0.05, 0.1) is 22.4 Å². The van der Waals surface area contributed by atoms with E-state index in [1.165, 1.54) is 66.0 Å². The lowest BCUT2D eigenvalue weighted by atomic mass is 9.97. The first-order chi connectivity index (χ1) is 29.8. The Labute approximate surface area is 350 Å². The van der Waals surface area contributed by atoms with Crippen molar-refractivity contribution in [3.8, 4) is 50.2 Å². The molecule has 1 heterocycles. The predicted octanol–water partition coefficient (Wildman–Crippen LogP) is 16.1. The number of fused-ring (bicyclic) bond motifs is 5. The fourth-order valence-corrected chi connectivity index (χ4v) is 8.92. The van der Waals surface area contributed by atoms with Crippen molar-refractivity contribution in [3.05, 3.63) is 243 Å². The molecule has 0 unspecified atom stereocenters. The van der Waals surface area contributed by atoms with Crippen molar-refractivity contribution in [1.29, 1.82) is 0 Å². The number of anilines is 3. The SMILES string of the molecule is c1ccc(-c2ccc(-c3ccc4c(c3)c3c(N(c5ccc(-c6ccccc6)cc5)c5ccccc5-c5ccccc5)cc5ccccc5c3n4-c3ccccc3)cc2)cc1. The van der Waals surface area contributed by atoms with E-state index in [-0.39, 0.29) is 0 Å². The molecule has 2 nitrogen and oxygen atoms in total. The molecule has 60 heavy (non-hydrogen) atoms. The summed E-state index contributed by atoms with van der Waals surface area (Å²) in [6, 6.07) is 88.0. The van der Waals surface area contributed by atoms with Crippen LogP contribution >= 0.6 is 0 Å². The standard InChI is InChI=1S/C58H40N2/c1-5-17-41(18-6-1)43-29-31-45(32-30-43)47-35-38-55-53(39-47)57-56(40-48-23-13-14-27-52(48)58(57)60(55)49-24-11-4-12-25-49)59(50-36-33-44(34-37-50)42-19-7-2-8-20-42)54-28-16-15-26-51(54)46-21-9-3-10-22-46/h1-40H. The lowest BCUT2D eigenvalue weighted by Gasteiger charge is -2.29. The second kappa shape index (κ2) is 15.1. The van der Waals surface area contributed by atoms with E-state index in [1.807, 2.05) is 0 Å². The van der Waals surface area contributed by atoms with E-state index in [1.54, 1.807) is 0 Å². The van der Waals surface area contributed by atoms with Gasteiger partial charge < -0.3 is 9.47 Å². The number of aromatic nitrogens is 1. The Bertz CT molecular complexity index is 3260. The van der Waals surface area contributed by atoms with Crippen LogP contribution in [0.1, 0.15) is 0 Å². The zero-order valence-corrected chi connectivity index (χ0v) is 33.0. The Hall–Kier alpha value is -7.94. The highest BCUT2D eigenvalue weighted by Gasteiger charge is 2.25. The van der Waals surface area contributed by atoms with Gasteiger partial charge in [-0.25, -0.2) is 0 Å². The van der Waals surface area contributed by atoms with Crippen LogP contribution in [0, 0.1) is 0 Å². The van der Waals surface area contributed by atoms with E-state index in [0.29, 0.717) is 0 Å². The van der Waals surface area contributed by atoms with Crippen molar-refractivity contribution in [3.63, 3.8) is 0 Å². The average molecular weight is 765 g/mol. The van der Waals surface area contributed by atoms with Gasteiger partial charge in [0.15, 0.2) is 0 Å². The zero-order valence-electron chi connectivity index (χ0n) is 33.0. The van der Waals surface area contributed by atoms with Crippen molar-refractivity contribution in [2.45, 2.75) is 0 Å². The number of hydrogen-bond donors (Lipinski definition) is 0. The monoisotopic (exact) mass is 764 g/mol. The Morgan fingerprint density at radius 2 is 0.800 bits per heavy atom. The summed E-state index contributed by atoms with van der Waals surface area (Å²) in [6.07, 6.45) is 0. The third kappa shape index (κ3) is 6.23. The van der Waals surface area contributed by atoms with Crippen molar-refractivity contribution in [1.82, 2.24) is 4.57 Å². The lowest BCUT2D eigenvalue weighted by molar-refractivity contribution is 1.19. The molecule has 0 fully saturated rings. The summed E-state index contributed by atoms with van der Waals surface area (Å²) in [4.78, 5) is 2.49. The molecule has 1 aromatic heterocycles. The van der Waals surface area contributed by atoms with Crippen LogP contribution < -0.4 is 4.90 Å². The third-order valence-electron chi connectivity index (χ3n) is 11.8. The third-order valence-corrected chi connectivity index (χ3v) is 11.8. The van der Waals surface area contributed by atoms with E-state index < -0.39 is 0 Å². The van der Waals surface area contributed by atoms with Gasteiger partial charge >= 0.3 is 0 Å². The molecule has 0 aliphatic carbocycles. The summed E-state index contributed by atoms with van der Waals surface area (Å²) in [5.41, 5.74) is 16.3. The fraction of sp³-hybridized carbons (Fsp3) is 0. The molecule has 11 aromatic rings. The summed E-state index contributed by atoms with van der Waals surface area (Å²) >= 11 is 0. The van der Waals surface area contributed by atoms with Crippen molar-refractivity contribution in [2.24, 2.45) is 0 Å². The minimum absolute atomic E-state index is 1.09. The molecule has 282 valence electrons. The zero-order chi connectivity index (χ0) is 39.8. The van der Waals surface area contributed by atoms with Crippen LogP contribution in [-0.2, 0) is 0 Å². The predicted molar refractivity (Wildman–Crippen MR) is 255 cm³/mol.